The molecule has 2 amide bonds. The number of aromatic nitrogens is 2. The first-order chi connectivity index (χ1) is 15.5. The standard InChI is InChI=1S/C25H26N4O2S/c1-16-20(17(2)29(26-16)18-9-5-4-6-10-18)14-24(30)27-15-19-13-22(27)25(31)28(19)21-11-7-8-12-23(21)32-3/h4-12,19,22H,13-15H2,1-3H3/t19-,22-/m0/s1. The van der Waals surface area contributed by atoms with Crippen molar-refractivity contribution in [1.82, 2.24) is 14.7 Å². The summed E-state index contributed by atoms with van der Waals surface area (Å²) in [6.07, 6.45) is 2.99. The van der Waals surface area contributed by atoms with Gasteiger partial charge in [-0.2, -0.15) is 5.10 Å². The normalized spacial score (nSPS) is 19.8. The second kappa shape index (κ2) is 8.13. The number of rotatable bonds is 5. The maximum absolute atomic E-state index is 13.3. The van der Waals surface area contributed by atoms with E-state index in [9.17, 15) is 9.59 Å². The predicted octanol–water partition coefficient (Wildman–Crippen LogP) is 3.77. The highest BCUT2D eigenvalue weighted by molar-refractivity contribution is 7.98. The van der Waals surface area contributed by atoms with Crippen molar-refractivity contribution in [3.8, 4) is 5.69 Å². The molecule has 0 saturated carbocycles. The van der Waals surface area contributed by atoms with Crippen molar-refractivity contribution in [3.05, 3.63) is 71.5 Å². The third kappa shape index (κ3) is 3.32. The van der Waals surface area contributed by atoms with Gasteiger partial charge in [0.25, 0.3) is 0 Å². The minimum Gasteiger partial charge on any atom is -0.328 e. The Labute approximate surface area is 192 Å². The van der Waals surface area contributed by atoms with E-state index in [1.165, 1.54) is 0 Å². The fourth-order valence-electron chi connectivity index (χ4n) is 5.00. The summed E-state index contributed by atoms with van der Waals surface area (Å²) in [5.41, 5.74) is 4.70. The van der Waals surface area contributed by atoms with Crippen LogP contribution in [0.15, 0.2) is 59.5 Å². The zero-order chi connectivity index (χ0) is 22.4. The number of carbonyl (C=O) groups is 2. The summed E-state index contributed by atoms with van der Waals surface area (Å²) in [6, 6.07) is 17.6. The van der Waals surface area contributed by atoms with Crippen molar-refractivity contribution in [2.75, 3.05) is 17.7 Å². The molecule has 2 aromatic carbocycles. The van der Waals surface area contributed by atoms with Crippen LogP contribution >= 0.6 is 11.8 Å². The number of benzene rings is 2. The molecule has 3 aromatic rings. The van der Waals surface area contributed by atoms with Crippen LogP contribution in [0.25, 0.3) is 5.69 Å². The van der Waals surface area contributed by atoms with Crippen LogP contribution in [0, 0.1) is 13.8 Å². The van der Waals surface area contributed by atoms with Crippen molar-refractivity contribution in [2.24, 2.45) is 0 Å². The monoisotopic (exact) mass is 446 g/mol. The van der Waals surface area contributed by atoms with Crippen LogP contribution in [-0.4, -0.2) is 51.4 Å². The Morgan fingerprint density at radius 1 is 1.09 bits per heavy atom. The van der Waals surface area contributed by atoms with Gasteiger partial charge in [0.1, 0.15) is 6.04 Å². The Hall–Kier alpha value is -3.06. The van der Waals surface area contributed by atoms with Gasteiger partial charge in [-0.05, 0) is 50.8 Å². The molecule has 2 aliphatic rings. The highest BCUT2D eigenvalue weighted by Gasteiger charge is 2.52. The molecule has 5 rings (SSSR count). The van der Waals surface area contributed by atoms with Crippen LogP contribution in [0.4, 0.5) is 5.69 Å². The van der Waals surface area contributed by atoms with E-state index in [1.807, 2.05) is 84.3 Å². The van der Waals surface area contributed by atoms with Crippen LogP contribution in [0.5, 0.6) is 0 Å². The molecular formula is C25H26N4O2S. The van der Waals surface area contributed by atoms with Crippen LogP contribution in [-0.2, 0) is 16.0 Å². The third-order valence-corrected chi connectivity index (χ3v) is 7.39. The Morgan fingerprint density at radius 2 is 1.81 bits per heavy atom. The molecule has 3 heterocycles. The lowest BCUT2D eigenvalue weighted by Gasteiger charge is -2.34. The first kappa shape index (κ1) is 20.8. The molecule has 7 heteroatoms. The molecule has 0 unspecified atom stereocenters. The Morgan fingerprint density at radius 3 is 2.53 bits per heavy atom. The van der Waals surface area contributed by atoms with Crippen molar-refractivity contribution in [3.63, 3.8) is 0 Å². The fourth-order valence-corrected chi connectivity index (χ4v) is 5.59. The van der Waals surface area contributed by atoms with Crippen molar-refractivity contribution >= 4 is 29.3 Å². The summed E-state index contributed by atoms with van der Waals surface area (Å²) < 4.78 is 1.89. The van der Waals surface area contributed by atoms with Crippen molar-refractivity contribution < 1.29 is 9.59 Å². The second-order valence-electron chi connectivity index (χ2n) is 8.41. The number of thioether (sulfide) groups is 1. The van der Waals surface area contributed by atoms with E-state index in [-0.39, 0.29) is 30.3 Å². The van der Waals surface area contributed by atoms with Crippen molar-refractivity contribution in [2.45, 2.75) is 43.7 Å². The first-order valence-electron chi connectivity index (χ1n) is 10.9. The van der Waals surface area contributed by atoms with Gasteiger partial charge in [-0.3, -0.25) is 9.59 Å². The van der Waals surface area contributed by atoms with E-state index in [0.29, 0.717) is 13.0 Å². The van der Waals surface area contributed by atoms with Gasteiger partial charge in [-0.1, -0.05) is 30.3 Å². The Kier molecular flexibility index (Phi) is 5.29. The maximum Gasteiger partial charge on any atom is 0.250 e. The number of piperazine rings is 1. The van der Waals surface area contributed by atoms with E-state index in [4.69, 9.17) is 0 Å². The van der Waals surface area contributed by atoms with Gasteiger partial charge in [0.15, 0.2) is 0 Å². The summed E-state index contributed by atoms with van der Waals surface area (Å²) in [7, 11) is 0. The molecule has 0 spiro atoms. The number of aryl methyl sites for hydroxylation is 1. The smallest absolute Gasteiger partial charge is 0.250 e. The number of hydrogen-bond donors (Lipinski definition) is 0. The van der Waals surface area contributed by atoms with E-state index < -0.39 is 0 Å². The lowest BCUT2D eigenvalue weighted by molar-refractivity contribution is -0.137. The molecule has 2 fully saturated rings. The molecule has 2 bridgehead atoms. The van der Waals surface area contributed by atoms with Crippen LogP contribution < -0.4 is 4.90 Å². The molecule has 0 aliphatic carbocycles. The summed E-state index contributed by atoms with van der Waals surface area (Å²) >= 11 is 1.64. The molecule has 2 atom stereocenters. The van der Waals surface area contributed by atoms with Gasteiger partial charge in [-0.25, -0.2) is 4.68 Å². The SMILES string of the molecule is CSc1ccccc1N1C(=O)[C@@H]2C[C@H]1CN2C(=O)Cc1c(C)nn(-c2ccccc2)c1C. The summed E-state index contributed by atoms with van der Waals surface area (Å²) in [5, 5.41) is 4.66. The molecule has 2 aliphatic heterocycles. The number of para-hydroxylation sites is 2. The summed E-state index contributed by atoms with van der Waals surface area (Å²) in [4.78, 5) is 31.3. The lowest BCUT2D eigenvalue weighted by Crippen LogP contribution is -2.53. The van der Waals surface area contributed by atoms with Crippen LogP contribution in [0.3, 0.4) is 0 Å². The van der Waals surface area contributed by atoms with Gasteiger partial charge in [0.2, 0.25) is 11.8 Å². The molecular weight excluding hydrogens is 420 g/mol. The average molecular weight is 447 g/mol. The van der Waals surface area contributed by atoms with Crippen molar-refractivity contribution in [1.29, 1.82) is 0 Å². The number of hydrogen-bond acceptors (Lipinski definition) is 4. The Balaban J connectivity index is 1.35. The van der Waals surface area contributed by atoms with Gasteiger partial charge in [-0.15, -0.1) is 11.8 Å². The number of likely N-dealkylation sites (tertiary alicyclic amines) is 1. The minimum atomic E-state index is -0.368. The number of anilines is 1. The lowest BCUT2D eigenvalue weighted by atomic mass is 10.1. The van der Waals surface area contributed by atoms with Crippen LogP contribution in [0.2, 0.25) is 0 Å². The van der Waals surface area contributed by atoms with Gasteiger partial charge < -0.3 is 9.80 Å². The molecule has 6 nitrogen and oxygen atoms in total. The van der Waals surface area contributed by atoms with E-state index >= 15 is 0 Å². The third-order valence-electron chi connectivity index (χ3n) is 6.60. The van der Waals surface area contributed by atoms with Gasteiger partial charge in [0, 0.05) is 22.7 Å². The minimum absolute atomic E-state index is 0.00228. The number of amides is 2. The number of carbonyl (C=O) groups excluding carboxylic acids is 2. The van der Waals surface area contributed by atoms with E-state index in [2.05, 4.69) is 5.10 Å². The molecule has 1 aromatic heterocycles. The van der Waals surface area contributed by atoms with Gasteiger partial charge >= 0.3 is 0 Å². The highest BCUT2D eigenvalue weighted by Crippen LogP contribution is 2.39. The fraction of sp³-hybridized carbons (Fsp3) is 0.320. The molecule has 164 valence electrons. The summed E-state index contributed by atoms with van der Waals surface area (Å²) in [5.74, 6) is 0.0342. The van der Waals surface area contributed by atoms with E-state index in [1.54, 1.807) is 16.7 Å². The Bertz CT molecular complexity index is 1190. The summed E-state index contributed by atoms with van der Waals surface area (Å²) in [6.45, 7) is 4.53. The average Bonchev–Trinajstić information content (AvgIpc) is 3.47. The molecule has 2 saturated heterocycles. The first-order valence-corrected chi connectivity index (χ1v) is 12.1. The quantitative estimate of drug-likeness (QED) is 0.560. The second-order valence-corrected chi connectivity index (χ2v) is 9.25. The highest BCUT2D eigenvalue weighted by atomic mass is 32.2. The number of nitrogens with zero attached hydrogens (tertiary/aromatic N) is 4. The zero-order valence-corrected chi connectivity index (χ0v) is 19.3. The number of fused-ring (bicyclic) bond motifs is 2. The predicted molar refractivity (Wildman–Crippen MR) is 126 cm³/mol. The molecule has 0 N–H and O–H groups in total. The largest absolute Gasteiger partial charge is 0.328 e. The topological polar surface area (TPSA) is 58.4 Å². The zero-order valence-electron chi connectivity index (χ0n) is 18.5. The van der Waals surface area contributed by atoms with Crippen LogP contribution in [0.1, 0.15) is 23.4 Å². The maximum atomic E-state index is 13.3. The van der Waals surface area contributed by atoms with Gasteiger partial charge in [0.05, 0.1) is 29.5 Å². The molecule has 0 radical (unpaired) electrons. The van der Waals surface area contributed by atoms with E-state index in [0.717, 1.165) is 33.2 Å². The molecule has 32 heavy (non-hydrogen) atoms.